The number of aliphatic hydroxyl groups excluding tert-OH is 3. The van der Waals surface area contributed by atoms with Crippen LogP contribution in [0.3, 0.4) is 0 Å². The third kappa shape index (κ3) is 29.2. The maximum atomic E-state index is 11.9. The first-order valence-electron chi connectivity index (χ1n) is 19.7. The number of carboxylic acids is 1. The topological polar surface area (TPSA) is 170 Å². The number of aliphatic hydroxyl groups is 3. The summed E-state index contributed by atoms with van der Waals surface area (Å²) in [6.45, 7) is 5.10. The van der Waals surface area contributed by atoms with Gasteiger partial charge in [0.15, 0.2) is 0 Å². The molecule has 12 nitrogen and oxygen atoms in total. The van der Waals surface area contributed by atoms with Crippen molar-refractivity contribution in [2.24, 2.45) is 0 Å². The zero-order chi connectivity index (χ0) is 36.9. The zero-order valence-corrected chi connectivity index (χ0v) is 31.6. The Morgan fingerprint density at radius 2 is 1.14 bits per heavy atom. The second-order valence-electron chi connectivity index (χ2n) is 13.0. The van der Waals surface area contributed by atoms with Crippen LogP contribution in [0.1, 0.15) is 142 Å². The predicted molar refractivity (Wildman–Crippen MR) is 193 cm³/mol. The highest BCUT2D eigenvalue weighted by atomic mass is 16.6. The first-order chi connectivity index (χ1) is 24.4. The molecule has 4 N–H and O–H groups in total. The summed E-state index contributed by atoms with van der Waals surface area (Å²) >= 11 is 0. The molecule has 0 aromatic carbocycles. The Morgan fingerprint density at radius 1 is 0.640 bits per heavy atom. The van der Waals surface area contributed by atoms with Gasteiger partial charge < -0.3 is 48.8 Å². The first kappa shape index (κ1) is 48.6. The van der Waals surface area contributed by atoms with Crippen molar-refractivity contribution in [3.8, 4) is 0 Å². The lowest BCUT2D eigenvalue weighted by Crippen LogP contribution is -2.45. The molecule has 298 valence electrons. The number of unbranched alkanes of at least 4 members (excludes halogenated alkanes) is 16. The fourth-order valence-corrected chi connectivity index (χ4v) is 5.76. The normalized spacial score (nSPS) is 17.7. The molecule has 1 aliphatic rings. The maximum absolute atomic E-state index is 11.9. The summed E-state index contributed by atoms with van der Waals surface area (Å²) in [4.78, 5) is 22.2. The van der Waals surface area contributed by atoms with Gasteiger partial charge in [0.25, 0.3) is 0 Å². The van der Waals surface area contributed by atoms with E-state index in [0.717, 1.165) is 32.1 Å². The van der Waals surface area contributed by atoms with Crippen LogP contribution in [0, 0.1) is 0 Å². The van der Waals surface area contributed by atoms with Crippen LogP contribution in [-0.2, 0) is 38.0 Å². The lowest BCUT2D eigenvalue weighted by Gasteiger charge is -2.29. The molecule has 0 amide bonds. The molecule has 0 aromatic rings. The number of aliphatic carboxylic acids is 1. The Hall–Kier alpha value is -1.38. The number of hydrogen-bond acceptors (Lipinski definition) is 11. The van der Waals surface area contributed by atoms with Gasteiger partial charge >= 0.3 is 11.9 Å². The Morgan fingerprint density at radius 3 is 1.66 bits per heavy atom. The van der Waals surface area contributed by atoms with E-state index >= 15 is 0 Å². The summed E-state index contributed by atoms with van der Waals surface area (Å²) in [6, 6.07) is 0. The van der Waals surface area contributed by atoms with Gasteiger partial charge in [0.1, 0.15) is 31.0 Å². The molecule has 4 atom stereocenters. The van der Waals surface area contributed by atoms with Crippen LogP contribution in [0.15, 0.2) is 0 Å². The third-order valence-corrected chi connectivity index (χ3v) is 8.51. The summed E-state index contributed by atoms with van der Waals surface area (Å²) in [5.74, 6) is -0.872. The van der Waals surface area contributed by atoms with Gasteiger partial charge in [-0.05, 0) is 12.8 Å². The van der Waals surface area contributed by atoms with Crippen LogP contribution in [0.25, 0.3) is 0 Å². The van der Waals surface area contributed by atoms with Crippen molar-refractivity contribution in [1.29, 1.82) is 0 Å². The van der Waals surface area contributed by atoms with Crippen LogP contribution in [0.2, 0.25) is 0 Å². The van der Waals surface area contributed by atoms with E-state index in [2.05, 4.69) is 13.8 Å². The molecule has 1 rings (SSSR count). The molecule has 0 aliphatic carbocycles. The van der Waals surface area contributed by atoms with Gasteiger partial charge in [0.2, 0.25) is 0 Å². The van der Waals surface area contributed by atoms with Gasteiger partial charge in [-0.2, -0.15) is 0 Å². The SMILES string of the molecule is CCCCCCCCCCCC(=O)O.CCCCCCCCCCCC(=O)OCCOCC(OCCO)C1OCC(OCCO)C1OCCO. The molecule has 0 aromatic heterocycles. The Bertz CT molecular complexity index is 741. The van der Waals surface area contributed by atoms with E-state index in [1.165, 1.54) is 83.5 Å². The molecular weight excluding hydrogens is 648 g/mol. The third-order valence-electron chi connectivity index (χ3n) is 8.51. The quantitative estimate of drug-likeness (QED) is 0.0446. The number of carboxylic acid groups (broad SMARTS) is 1. The van der Waals surface area contributed by atoms with E-state index in [9.17, 15) is 14.7 Å². The fraction of sp³-hybridized carbons (Fsp3) is 0.947. The molecule has 1 saturated heterocycles. The van der Waals surface area contributed by atoms with Crippen LogP contribution in [0.4, 0.5) is 0 Å². The number of esters is 1. The molecule has 12 heteroatoms. The minimum atomic E-state index is -0.659. The summed E-state index contributed by atoms with van der Waals surface area (Å²) in [7, 11) is 0. The van der Waals surface area contributed by atoms with Crippen molar-refractivity contribution in [2.45, 2.75) is 167 Å². The van der Waals surface area contributed by atoms with Gasteiger partial charge in [-0.1, -0.05) is 117 Å². The van der Waals surface area contributed by atoms with Crippen LogP contribution in [-0.4, -0.2) is 123 Å². The second kappa shape index (κ2) is 37.4. The highest BCUT2D eigenvalue weighted by Crippen LogP contribution is 2.25. The van der Waals surface area contributed by atoms with Crippen LogP contribution in [0.5, 0.6) is 0 Å². The van der Waals surface area contributed by atoms with Crippen molar-refractivity contribution in [1.82, 2.24) is 0 Å². The van der Waals surface area contributed by atoms with Gasteiger partial charge in [0, 0.05) is 12.8 Å². The highest BCUT2D eigenvalue weighted by molar-refractivity contribution is 5.69. The Labute approximate surface area is 302 Å². The molecule has 0 saturated carbocycles. The minimum Gasteiger partial charge on any atom is -0.481 e. The molecule has 0 radical (unpaired) electrons. The van der Waals surface area contributed by atoms with E-state index in [1.54, 1.807) is 0 Å². The fourth-order valence-electron chi connectivity index (χ4n) is 5.76. The highest BCUT2D eigenvalue weighted by Gasteiger charge is 2.44. The standard InChI is InChI=1S/C26H50O10.C12H24O2/c1-2-3-4-5-6-7-8-9-10-11-24(30)34-19-18-31-20-22(32-15-12-27)26-25(35-17-14-29)23(21-36-26)33-16-13-28;1-2-3-4-5-6-7-8-9-10-11-12(13)14/h22-23,25-29H,2-21H2,1H3;2-11H2,1H3,(H,13,14). The van der Waals surface area contributed by atoms with E-state index in [1.807, 2.05) is 0 Å². The molecule has 1 heterocycles. The average molecular weight is 723 g/mol. The summed E-state index contributed by atoms with van der Waals surface area (Å²) in [5, 5.41) is 35.8. The van der Waals surface area contributed by atoms with E-state index < -0.39 is 30.4 Å². The van der Waals surface area contributed by atoms with Crippen LogP contribution < -0.4 is 0 Å². The van der Waals surface area contributed by atoms with Crippen molar-refractivity contribution in [3.05, 3.63) is 0 Å². The smallest absolute Gasteiger partial charge is 0.305 e. The molecule has 50 heavy (non-hydrogen) atoms. The summed E-state index contributed by atoms with van der Waals surface area (Å²) in [6.07, 6.45) is 20.7. The number of ether oxygens (including phenoxy) is 6. The predicted octanol–water partition coefficient (Wildman–Crippen LogP) is 5.99. The monoisotopic (exact) mass is 723 g/mol. The zero-order valence-electron chi connectivity index (χ0n) is 31.6. The lowest BCUT2D eigenvalue weighted by molar-refractivity contribution is -0.149. The summed E-state index contributed by atoms with van der Waals surface area (Å²) in [5.41, 5.74) is 0. The molecule has 0 spiro atoms. The van der Waals surface area contributed by atoms with Gasteiger partial charge in [-0.3, -0.25) is 9.59 Å². The molecule has 0 bridgehead atoms. The van der Waals surface area contributed by atoms with Gasteiger partial charge in [-0.25, -0.2) is 0 Å². The maximum Gasteiger partial charge on any atom is 0.305 e. The summed E-state index contributed by atoms with van der Waals surface area (Å²) < 4.78 is 33.8. The second-order valence-corrected chi connectivity index (χ2v) is 13.0. The lowest BCUT2D eigenvalue weighted by atomic mass is 10.1. The minimum absolute atomic E-state index is 0.0937. The van der Waals surface area contributed by atoms with Crippen molar-refractivity contribution in [2.75, 3.05) is 66.1 Å². The number of carbonyl (C=O) groups is 2. The van der Waals surface area contributed by atoms with Crippen LogP contribution >= 0.6 is 0 Å². The molecule has 1 aliphatic heterocycles. The van der Waals surface area contributed by atoms with Gasteiger partial charge in [0.05, 0.1) is 59.5 Å². The van der Waals surface area contributed by atoms with E-state index in [0.29, 0.717) is 12.8 Å². The van der Waals surface area contributed by atoms with Crippen molar-refractivity contribution >= 4 is 11.9 Å². The van der Waals surface area contributed by atoms with Crippen molar-refractivity contribution in [3.63, 3.8) is 0 Å². The molecule has 4 unspecified atom stereocenters. The number of hydrogen-bond donors (Lipinski definition) is 4. The Balaban J connectivity index is 0.00000144. The van der Waals surface area contributed by atoms with Crippen molar-refractivity contribution < 1.29 is 58.4 Å². The average Bonchev–Trinajstić information content (AvgIpc) is 3.51. The van der Waals surface area contributed by atoms with E-state index in [4.69, 9.17) is 43.7 Å². The largest absolute Gasteiger partial charge is 0.481 e. The molecule has 1 fully saturated rings. The number of carbonyl (C=O) groups excluding carboxylic acids is 1. The number of rotatable bonds is 35. The van der Waals surface area contributed by atoms with E-state index in [-0.39, 0.29) is 72.0 Å². The first-order valence-corrected chi connectivity index (χ1v) is 19.7. The van der Waals surface area contributed by atoms with Gasteiger partial charge in [-0.15, -0.1) is 0 Å². The molecular formula is C38H74O12. The Kier molecular flexibility index (Phi) is 36.3.